The third kappa shape index (κ3) is 0.630. The predicted molar refractivity (Wildman–Crippen MR) is 38.8 cm³/mol. The van der Waals surface area contributed by atoms with Gasteiger partial charge >= 0.3 is 0 Å². The molecule has 4 heteroatoms. The molecule has 2 atom stereocenters. The molecule has 2 heterocycles. The lowest BCUT2D eigenvalue weighted by Gasteiger charge is -2.40. The molecule has 2 bridgehead atoms. The SMILES string of the molecule is O=C1C2CCC3(C2)OCCON13. The van der Waals surface area contributed by atoms with Crippen molar-refractivity contribution in [1.29, 1.82) is 0 Å². The molecule has 3 fully saturated rings. The predicted octanol–water partition coefficient (Wildman–Crippen LogP) is 0.287. The summed E-state index contributed by atoms with van der Waals surface area (Å²) in [6, 6.07) is 0. The van der Waals surface area contributed by atoms with Gasteiger partial charge in [-0.3, -0.25) is 9.63 Å². The minimum Gasteiger partial charge on any atom is -0.351 e. The molecule has 1 amide bonds. The highest BCUT2D eigenvalue weighted by Crippen LogP contribution is 2.49. The van der Waals surface area contributed by atoms with Gasteiger partial charge < -0.3 is 4.74 Å². The number of nitrogens with zero attached hydrogens (tertiary/aromatic N) is 1. The van der Waals surface area contributed by atoms with Gasteiger partial charge in [-0.05, 0) is 12.8 Å². The van der Waals surface area contributed by atoms with Gasteiger partial charge in [0.05, 0.1) is 13.2 Å². The average Bonchev–Trinajstić information content (AvgIpc) is 2.60. The van der Waals surface area contributed by atoms with Gasteiger partial charge in [-0.15, -0.1) is 0 Å². The van der Waals surface area contributed by atoms with E-state index in [9.17, 15) is 4.79 Å². The molecule has 66 valence electrons. The fraction of sp³-hybridized carbons (Fsp3) is 0.875. The van der Waals surface area contributed by atoms with Crippen LogP contribution in [0.25, 0.3) is 0 Å². The van der Waals surface area contributed by atoms with Crippen LogP contribution >= 0.6 is 0 Å². The summed E-state index contributed by atoms with van der Waals surface area (Å²) in [5.41, 5.74) is -0.361. The molecule has 1 saturated carbocycles. The number of carbonyl (C=O) groups is 1. The Kier molecular flexibility index (Phi) is 1.14. The van der Waals surface area contributed by atoms with Crippen molar-refractivity contribution < 1.29 is 14.4 Å². The number of carbonyl (C=O) groups excluding carboxylic acids is 1. The minimum absolute atomic E-state index is 0.126. The summed E-state index contributed by atoms with van der Waals surface area (Å²) in [5.74, 6) is 0.295. The molecule has 0 aromatic rings. The second-order valence-corrected chi connectivity index (χ2v) is 3.70. The Morgan fingerprint density at radius 3 is 3.25 bits per heavy atom. The molecule has 12 heavy (non-hydrogen) atoms. The van der Waals surface area contributed by atoms with Crippen LogP contribution in [0.15, 0.2) is 0 Å². The van der Waals surface area contributed by atoms with Gasteiger partial charge in [0.25, 0.3) is 5.91 Å². The summed E-state index contributed by atoms with van der Waals surface area (Å²) in [5, 5.41) is 1.48. The first-order chi connectivity index (χ1) is 5.82. The quantitative estimate of drug-likeness (QED) is 0.523. The average molecular weight is 169 g/mol. The van der Waals surface area contributed by atoms with Gasteiger partial charge in [0.1, 0.15) is 0 Å². The van der Waals surface area contributed by atoms with Gasteiger partial charge in [0.2, 0.25) is 0 Å². The Hall–Kier alpha value is -0.610. The van der Waals surface area contributed by atoms with Crippen LogP contribution in [0.1, 0.15) is 19.3 Å². The number of hydrogen-bond donors (Lipinski definition) is 0. The Morgan fingerprint density at radius 1 is 1.50 bits per heavy atom. The van der Waals surface area contributed by atoms with Gasteiger partial charge in [-0.2, -0.15) is 5.06 Å². The smallest absolute Gasteiger partial charge is 0.252 e. The topological polar surface area (TPSA) is 38.8 Å². The molecule has 0 N–H and O–H groups in total. The van der Waals surface area contributed by atoms with E-state index in [0.29, 0.717) is 13.2 Å². The summed E-state index contributed by atoms with van der Waals surface area (Å²) in [6.07, 6.45) is 2.76. The van der Waals surface area contributed by atoms with Crippen molar-refractivity contribution in [3.63, 3.8) is 0 Å². The fourth-order valence-corrected chi connectivity index (χ4v) is 2.48. The highest BCUT2D eigenvalue weighted by molar-refractivity contribution is 5.82. The van der Waals surface area contributed by atoms with Gasteiger partial charge in [0, 0.05) is 12.3 Å². The van der Waals surface area contributed by atoms with E-state index in [4.69, 9.17) is 9.57 Å². The van der Waals surface area contributed by atoms with E-state index in [1.54, 1.807) is 0 Å². The molecule has 0 aromatic carbocycles. The lowest BCUT2D eigenvalue weighted by atomic mass is 10.1. The van der Waals surface area contributed by atoms with Gasteiger partial charge in [0.15, 0.2) is 5.72 Å². The Balaban J connectivity index is 1.99. The maximum Gasteiger partial charge on any atom is 0.252 e. The third-order valence-corrected chi connectivity index (χ3v) is 3.04. The first-order valence-corrected chi connectivity index (χ1v) is 4.43. The molecular formula is C8H11NO3. The molecule has 4 nitrogen and oxygen atoms in total. The van der Waals surface area contributed by atoms with Crippen LogP contribution in [0.2, 0.25) is 0 Å². The van der Waals surface area contributed by atoms with E-state index in [1.807, 2.05) is 0 Å². The van der Waals surface area contributed by atoms with E-state index >= 15 is 0 Å². The van der Waals surface area contributed by atoms with Crippen LogP contribution in [-0.4, -0.2) is 29.9 Å². The molecular weight excluding hydrogens is 158 g/mol. The molecule has 2 unspecified atom stereocenters. The van der Waals surface area contributed by atoms with Crippen LogP contribution in [0.3, 0.4) is 0 Å². The van der Waals surface area contributed by atoms with Crippen molar-refractivity contribution in [3.8, 4) is 0 Å². The van der Waals surface area contributed by atoms with Crippen LogP contribution in [0.4, 0.5) is 0 Å². The highest BCUT2D eigenvalue weighted by atomic mass is 16.8. The number of piperidine rings is 1. The van der Waals surface area contributed by atoms with Crippen molar-refractivity contribution in [3.05, 3.63) is 0 Å². The maximum absolute atomic E-state index is 11.5. The zero-order chi connectivity index (χ0) is 8.18. The largest absolute Gasteiger partial charge is 0.351 e. The Labute approximate surface area is 70.4 Å². The second kappa shape index (κ2) is 2.00. The second-order valence-electron chi connectivity index (χ2n) is 3.70. The van der Waals surface area contributed by atoms with Crippen LogP contribution in [0, 0.1) is 5.92 Å². The zero-order valence-corrected chi connectivity index (χ0v) is 6.78. The standard InChI is InChI=1S/C8H11NO3/c10-7-6-1-2-8(5-6)9(7)12-4-3-11-8/h6H,1-5H2. The number of hydroxylamine groups is 2. The number of fused-ring (bicyclic) bond motifs is 1. The van der Waals surface area contributed by atoms with Crippen molar-refractivity contribution in [2.24, 2.45) is 5.92 Å². The van der Waals surface area contributed by atoms with Crippen LogP contribution in [-0.2, 0) is 14.4 Å². The van der Waals surface area contributed by atoms with E-state index in [2.05, 4.69) is 0 Å². The van der Waals surface area contributed by atoms with Crippen molar-refractivity contribution >= 4 is 5.91 Å². The Morgan fingerprint density at radius 2 is 2.42 bits per heavy atom. The van der Waals surface area contributed by atoms with Gasteiger partial charge in [-0.1, -0.05) is 0 Å². The Bertz CT molecular complexity index is 242. The maximum atomic E-state index is 11.5. The van der Waals surface area contributed by atoms with Crippen LogP contribution in [0.5, 0.6) is 0 Å². The third-order valence-electron chi connectivity index (χ3n) is 3.04. The summed E-state index contributed by atoms with van der Waals surface area (Å²) in [4.78, 5) is 16.8. The first-order valence-electron chi connectivity index (χ1n) is 4.43. The summed E-state index contributed by atoms with van der Waals surface area (Å²) >= 11 is 0. The molecule has 2 aliphatic heterocycles. The summed E-state index contributed by atoms with van der Waals surface area (Å²) < 4.78 is 5.63. The van der Waals surface area contributed by atoms with E-state index in [1.165, 1.54) is 5.06 Å². The summed E-state index contributed by atoms with van der Waals surface area (Å²) in [7, 11) is 0. The molecule has 0 radical (unpaired) electrons. The monoisotopic (exact) mass is 169 g/mol. The van der Waals surface area contributed by atoms with Crippen molar-refractivity contribution in [2.45, 2.75) is 25.0 Å². The lowest BCUT2D eigenvalue weighted by molar-refractivity contribution is -0.323. The minimum atomic E-state index is -0.361. The van der Waals surface area contributed by atoms with Gasteiger partial charge in [-0.25, -0.2) is 0 Å². The number of amides is 1. The fourth-order valence-electron chi connectivity index (χ4n) is 2.48. The van der Waals surface area contributed by atoms with Crippen molar-refractivity contribution in [2.75, 3.05) is 13.2 Å². The molecule has 3 rings (SSSR count). The zero-order valence-electron chi connectivity index (χ0n) is 6.78. The van der Waals surface area contributed by atoms with Crippen molar-refractivity contribution in [1.82, 2.24) is 5.06 Å². The molecule has 1 spiro atoms. The van der Waals surface area contributed by atoms with E-state index in [-0.39, 0.29) is 17.6 Å². The number of rotatable bonds is 0. The molecule has 0 aromatic heterocycles. The summed E-state index contributed by atoms with van der Waals surface area (Å²) in [6.45, 7) is 1.14. The molecule has 1 aliphatic carbocycles. The molecule has 2 saturated heterocycles. The first kappa shape index (κ1) is 6.86. The number of ether oxygens (including phenoxy) is 1. The van der Waals surface area contributed by atoms with E-state index < -0.39 is 0 Å². The number of hydrogen-bond acceptors (Lipinski definition) is 3. The van der Waals surface area contributed by atoms with Crippen LogP contribution < -0.4 is 0 Å². The highest BCUT2D eigenvalue weighted by Gasteiger charge is 2.59. The molecule has 3 aliphatic rings. The normalized spacial score (nSPS) is 45.2. The lowest BCUT2D eigenvalue weighted by Crippen LogP contribution is -2.53. The van der Waals surface area contributed by atoms with E-state index in [0.717, 1.165) is 19.3 Å².